The maximum Gasteiger partial charge on any atom is 0.122 e. The lowest BCUT2D eigenvalue weighted by molar-refractivity contribution is 0.406. The van der Waals surface area contributed by atoms with Crippen molar-refractivity contribution in [3.63, 3.8) is 0 Å². The van der Waals surface area contributed by atoms with Crippen LogP contribution in [0.2, 0.25) is 0 Å². The van der Waals surface area contributed by atoms with E-state index in [0.29, 0.717) is 5.92 Å². The van der Waals surface area contributed by atoms with E-state index in [1.165, 1.54) is 16.7 Å². The topological polar surface area (TPSA) is 9.23 Å². The first-order valence-corrected chi connectivity index (χ1v) is 6.47. The molecule has 2 heteroatoms. The third-order valence-corrected chi connectivity index (χ3v) is 3.75. The second kappa shape index (κ2) is 5.55. The summed E-state index contributed by atoms with van der Waals surface area (Å²) in [6.07, 6.45) is 1.13. The third-order valence-electron chi connectivity index (χ3n) is 2.96. The molecule has 0 saturated carbocycles. The molecule has 1 unspecified atom stereocenters. The van der Waals surface area contributed by atoms with Crippen LogP contribution in [0.3, 0.4) is 0 Å². The highest BCUT2D eigenvalue weighted by Crippen LogP contribution is 2.32. The standard InChI is InChI=1S/C13H19BrO/c1-5-11(8-14)12-6-9(2)10(3)7-13(12)15-4/h6-7,11H,5,8H2,1-4H3. The molecule has 1 aromatic carbocycles. The molecular formula is C13H19BrO. The lowest BCUT2D eigenvalue weighted by Gasteiger charge is -2.18. The summed E-state index contributed by atoms with van der Waals surface area (Å²) in [6, 6.07) is 4.39. The first kappa shape index (κ1) is 12.6. The van der Waals surface area contributed by atoms with Crippen LogP contribution >= 0.6 is 15.9 Å². The fourth-order valence-corrected chi connectivity index (χ4v) is 2.53. The maximum atomic E-state index is 5.44. The molecule has 0 N–H and O–H groups in total. The Labute approximate surface area is 101 Å². The lowest BCUT2D eigenvalue weighted by Crippen LogP contribution is -2.03. The molecule has 1 atom stereocenters. The summed E-state index contributed by atoms with van der Waals surface area (Å²) in [7, 11) is 1.74. The number of aryl methyl sites for hydroxylation is 2. The highest BCUT2D eigenvalue weighted by molar-refractivity contribution is 9.09. The van der Waals surface area contributed by atoms with E-state index in [4.69, 9.17) is 4.74 Å². The summed E-state index contributed by atoms with van der Waals surface area (Å²) in [4.78, 5) is 0. The molecule has 1 rings (SSSR count). The van der Waals surface area contributed by atoms with Crippen molar-refractivity contribution in [1.29, 1.82) is 0 Å². The van der Waals surface area contributed by atoms with Crippen LogP contribution in [0, 0.1) is 13.8 Å². The molecule has 0 spiro atoms. The molecule has 1 nitrogen and oxygen atoms in total. The highest BCUT2D eigenvalue weighted by Gasteiger charge is 2.14. The number of alkyl halides is 1. The number of ether oxygens (including phenoxy) is 1. The summed E-state index contributed by atoms with van der Waals surface area (Å²) in [5.74, 6) is 1.56. The monoisotopic (exact) mass is 270 g/mol. The van der Waals surface area contributed by atoms with Gasteiger partial charge in [0.2, 0.25) is 0 Å². The fourth-order valence-electron chi connectivity index (χ4n) is 1.72. The first-order chi connectivity index (χ1) is 7.13. The minimum atomic E-state index is 0.541. The van der Waals surface area contributed by atoms with Crippen LogP contribution in [-0.4, -0.2) is 12.4 Å². The lowest BCUT2D eigenvalue weighted by atomic mass is 9.94. The van der Waals surface area contributed by atoms with Gasteiger partial charge >= 0.3 is 0 Å². The molecule has 0 heterocycles. The number of methoxy groups -OCH3 is 1. The van der Waals surface area contributed by atoms with Gasteiger partial charge in [-0.1, -0.05) is 28.9 Å². The molecule has 0 saturated heterocycles. The van der Waals surface area contributed by atoms with Crippen LogP contribution in [0.15, 0.2) is 12.1 Å². The van der Waals surface area contributed by atoms with Crippen molar-refractivity contribution in [2.45, 2.75) is 33.1 Å². The van der Waals surface area contributed by atoms with Crippen LogP contribution in [0.5, 0.6) is 5.75 Å². The number of rotatable bonds is 4. The zero-order valence-electron chi connectivity index (χ0n) is 9.93. The van der Waals surface area contributed by atoms with E-state index in [0.717, 1.165) is 17.5 Å². The molecule has 0 fully saturated rings. The van der Waals surface area contributed by atoms with Gasteiger partial charge in [0, 0.05) is 5.33 Å². The van der Waals surface area contributed by atoms with Crippen LogP contribution < -0.4 is 4.74 Å². The Kier molecular flexibility index (Phi) is 4.65. The molecule has 15 heavy (non-hydrogen) atoms. The fraction of sp³-hybridized carbons (Fsp3) is 0.538. The summed E-state index contributed by atoms with van der Waals surface area (Å²) in [6.45, 7) is 6.48. The molecule has 0 aromatic heterocycles. The molecule has 0 aliphatic rings. The Hall–Kier alpha value is -0.500. The van der Waals surface area contributed by atoms with Gasteiger partial charge in [-0.3, -0.25) is 0 Å². The van der Waals surface area contributed by atoms with Gasteiger partial charge in [-0.15, -0.1) is 0 Å². The largest absolute Gasteiger partial charge is 0.496 e. The molecule has 0 radical (unpaired) electrons. The first-order valence-electron chi connectivity index (χ1n) is 5.35. The molecule has 0 amide bonds. The highest BCUT2D eigenvalue weighted by atomic mass is 79.9. The number of benzene rings is 1. The van der Waals surface area contributed by atoms with Gasteiger partial charge in [0.25, 0.3) is 0 Å². The Morgan fingerprint density at radius 1 is 1.27 bits per heavy atom. The second-order valence-electron chi connectivity index (χ2n) is 3.94. The van der Waals surface area contributed by atoms with Crippen molar-refractivity contribution in [3.8, 4) is 5.75 Å². The average Bonchev–Trinajstić information content (AvgIpc) is 2.24. The SMILES string of the molecule is CCC(CBr)c1cc(C)c(C)cc1OC. The zero-order valence-corrected chi connectivity index (χ0v) is 11.5. The number of halogens is 1. The van der Waals surface area contributed by atoms with Crippen molar-refractivity contribution in [1.82, 2.24) is 0 Å². The van der Waals surface area contributed by atoms with E-state index >= 15 is 0 Å². The van der Waals surface area contributed by atoms with Crippen LogP contribution in [0.25, 0.3) is 0 Å². The van der Waals surface area contributed by atoms with Crippen molar-refractivity contribution < 1.29 is 4.74 Å². The third kappa shape index (κ3) is 2.75. The Morgan fingerprint density at radius 3 is 2.33 bits per heavy atom. The maximum absolute atomic E-state index is 5.44. The van der Waals surface area contributed by atoms with E-state index < -0.39 is 0 Å². The minimum Gasteiger partial charge on any atom is -0.496 e. The Morgan fingerprint density at radius 2 is 1.87 bits per heavy atom. The van der Waals surface area contributed by atoms with E-state index in [-0.39, 0.29) is 0 Å². The second-order valence-corrected chi connectivity index (χ2v) is 4.59. The smallest absolute Gasteiger partial charge is 0.122 e. The number of hydrogen-bond acceptors (Lipinski definition) is 1. The summed E-state index contributed by atoms with van der Waals surface area (Å²) >= 11 is 3.56. The van der Waals surface area contributed by atoms with Crippen LogP contribution in [0.4, 0.5) is 0 Å². The van der Waals surface area contributed by atoms with E-state index in [1.807, 2.05) is 0 Å². The van der Waals surface area contributed by atoms with Crippen LogP contribution in [0.1, 0.15) is 36.0 Å². The summed E-state index contributed by atoms with van der Waals surface area (Å²) in [5, 5.41) is 0.988. The molecule has 0 aliphatic heterocycles. The molecule has 0 aliphatic carbocycles. The predicted octanol–water partition coefficient (Wildman–Crippen LogP) is 4.20. The van der Waals surface area contributed by atoms with E-state index in [1.54, 1.807) is 7.11 Å². The average molecular weight is 271 g/mol. The molecular weight excluding hydrogens is 252 g/mol. The van der Waals surface area contributed by atoms with Crippen molar-refractivity contribution in [3.05, 3.63) is 28.8 Å². The Balaban J connectivity index is 3.20. The molecule has 0 bridgehead atoms. The van der Waals surface area contributed by atoms with Gasteiger partial charge in [-0.05, 0) is 48.9 Å². The number of hydrogen-bond donors (Lipinski definition) is 0. The molecule has 1 aromatic rings. The van der Waals surface area contributed by atoms with Crippen LogP contribution in [-0.2, 0) is 0 Å². The quantitative estimate of drug-likeness (QED) is 0.746. The van der Waals surface area contributed by atoms with E-state index in [9.17, 15) is 0 Å². The minimum absolute atomic E-state index is 0.541. The van der Waals surface area contributed by atoms with E-state index in [2.05, 4.69) is 48.8 Å². The molecule has 84 valence electrons. The summed E-state index contributed by atoms with van der Waals surface area (Å²) < 4.78 is 5.44. The summed E-state index contributed by atoms with van der Waals surface area (Å²) in [5.41, 5.74) is 3.95. The van der Waals surface area contributed by atoms with Gasteiger partial charge in [0.05, 0.1) is 7.11 Å². The predicted molar refractivity (Wildman–Crippen MR) is 69.3 cm³/mol. The van der Waals surface area contributed by atoms with Crippen molar-refractivity contribution in [2.24, 2.45) is 0 Å². The zero-order chi connectivity index (χ0) is 11.4. The van der Waals surface area contributed by atoms with Gasteiger partial charge < -0.3 is 4.74 Å². The van der Waals surface area contributed by atoms with Crippen molar-refractivity contribution >= 4 is 15.9 Å². The van der Waals surface area contributed by atoms with Crippen molar-refractivity contribution in [2.75, 3.05) is 12.4 Å². The van der Waals surface area contributed by atoms with Gasteiger partial charge in [-0.25, -0.2) is 0 Å². The van der Waals surface area contributed by atoms with Gasteiger partial charge in [-0.2, -0.15) is 0 Å². The van der Waals surface area contributed by atoms with Gasteiger partial charge in [0.1, 0.15) is 5.75 Å². The van der Waals surface area contributed by atoms with Gasteiger partial charge in [0.15, 0.2) is 0 Å². The normalized spacial score (nSPS) is 12.6. The Bertz CT molecular complexity index is 330.